The molecule has 3 N–H and O–H groups in total. The summed E-state index contributed by atoms with van der Waals surface area (Å²) < 4.78 is 13.6. The molecule has 0 spiro atoms. The Morgan fingerprint density at radius 2 is 2.06 bits per heavy atom. The van der Waals surface area contributed by atoms with Crippen LogP contribution in [-0.4, -0.2) is 17.6 Å². The lowest BCUT2D eigenvalue weighted by atomic mass is 9.86. The summed E-state index contributed by atoms with van der Waals surface area (Å²) in [6, 6.07) is 3.92. The SMILES string of the molecule is N[C@H]1CC[C@H](CNCc2ccc(Br)c(F)n2)CC1. The molecule has 0 radical (unpaired) electrons. The third-order valence-electron chi connectivity index (χ3n) is 3.49. The van der Waals surface area contributed by atoms with E-state index in [0.717, 1.165) is 25.1 Å². The molecule has 1 aliphatic rings. The summed E-state index contributed by atoms with van der Waals surface area (Å²) in [5.41, 5.74) is 6.61. The molecule has 0 bridgehead atoms. The monoisotopic (exact) mass is 315 g/mol. The van der Waals surface area contributed by atoms with Crippen molar-refractivity contribution in [1.29, 1.82) is 0 Å². The third kappa shape index (κ3) is 4.00. The van der Waals surface area contributed by atoms with E-state index in [1.165, 1.54) is 12.8 Å². The summed E-state index contributed by atoms with van der Waals surface area (Å²) in [7, 11) is 0. The average Bonchev–Trinajstić information content (AvgIpc) is 2.36. The van der Waals surface area contributed by atoms with Gasteiger partial charge in [-0.1, -0.05) is 0 Å². The van der Waals surface area contributed by atoms with Crippen molar-refractivity contribution >= 4 is 15.9 Å². The second-order valence-corrected chi connectivity index (χ2v) is 5.84. The van der Waals surface area contributed by atoms with Gasteiger partial charge in [0.05, 0.1) is 10.2 Å². The highest BCUT2D eigenvalue weighted by atomic mass is 79.9. The maximum absolute atomic E-state index is 13.2. The molecule has 1 heterocycles. The zero-order valence-electron chi connectivity index (χ0n) is 10.3. The quantitative estimate of drug-likeness (QED) is 0.840. The van der Waals surface area contributed by atoms with Gasteiger partial charge in [-0.25, -0.2) is 4.98 Å². The van der Waals surface area contributed by atoms with Crippen molar-refractivity contribution < 1.29 is 4.39 Å². The van der Waals surface area contributed by atoms with Crippen molar-refractivity contribution in [2.45, 2.75) is 38.3 Å². The van der Waals surface area contributed by atoms with Crippen LogP contribution < -0.4 is 11.1 Å². The molecule has 1 aromatic heterocycles. The van der Waals surface area contributed by atoms with Gasteiger partial charge in [0.25, 0.3) is 0 Å². The molecule has 1 aromatic rings. The summed E-state index contributed by atoms with van der Waals surface area (Å²) in [4.78, 5) is 3.87. The van der Waals surface area contributed by atoms with Crippen molar-refractivity contribution in [2.75, 3.05) is 6.54 Å². The molecule has 0 saturated heterocycles. The van der Waals surface area contributed by atoms with Gasteiger partial charge in [-0.05, 0) is 66.2 Å². The predicted octanol–water partition coefficient (Wildman–Crippen LogP) is 2.59. The molecule has 3 nitrogen and oxygen atoms in total. The second kappa shape index (κ2) is 6.59. The minimum atomic E-state index is -0.446. The molecule has 18 heavy (non-hydrogen) atoms. The molecular weight excluding hydrogens is 297 g/mol. The summed E-state index contributed by atoms with van der Waals surface area (Å²) >= 11 is 3.10. The molecule has 0 unspecified atom stereocenters. The number of nitrogens with two attached hydrogens (primary N) is 1. The highest BCUT2D eigenvalue weighted by Crippen LogP contribution is 2.22. The van der Waals surface area contributed by atoms with Crippen molar-refractivity contribution in [3.63, 3.8) is 0 Å². The molecule has 1 aliphatic carbocycles. The first-order valence-electron chi connectivity index (χ1n) is 6.42. The van der Waals surface area contributed by atoms with Crippen LogP contribution >= 0.6 is 15.9 Å². The van der Waals surface area contributed by atoms with Crippen LogP contribution in [-0.2, 0) is 6.54 Å². The molecule has 5 heteroatoms. The van der Waals surface area contributed by atoms with E-state index in [-0.39, 0.29) is 0 Å². The molecule has 100 valence electrons. The zero-order chi connectivity index (χ0) is 13.0. The van der Waals surface area contributed by atoms with E-state index in [1.54, 1.807) is 6.07 Å². The highest BCUT2D eigenvalue weighted by Gasteiger charge is 2.17. The van der Waals surface area contributed by atoms with Crippen molar-refractivity contribution in [1.82, 2.24) is 10.3 Å². The molecule has 0 amide bonds. The first-order chi connectivity index (χ1) is 8.65. The number of aromatic nitrogens is 1. The van der Waals surface area contributed by atoms with Gasteiger partial charge < -0.3 is 11.1 Å². The molecule has 1 saturated carbocycles. The Bertz CT molecular complexity index is 392. The number of hydrogen-bond acceptors (Lipinski definition) is 3. The lowest BCUT2D eigenvalue weighted by Crippen LogP contribution is -2.31. The van der Waals surface area contributed by atoms with Crippen LogP contribution in [0.1, 0.15) is 31.4 Å². The number of halogens is 2. The van der Waals surface area contributed by atoms with Crippen LogP contribution in [0.15, 0.2) is 16.6 Å². The number of rotatable bonds is 4. The van der Waals surface area contributed by atoms with E-state index < -0.39 is 5.95 Å². The van der Waals surface area contributed by atoms with Crippen LogP contribution in [0.5, 0.6) is 0 Å². The van der Waals surface area contributed by atoms with Gasteiger partial charge in [0.2, 0.25) is 5.95 Å². The third-order valence-corrected chi connectivity index (χ3v) is 4.08. The summed E-state index contributed by atoms with van der Waals surface area (Å²) in [5.74, 6) is 0.253. The van der Waals surface area contributed by atoms with Crippen LogP contribution in [0.3, 0.4) is 0 Å². The molecule has 1 fully saturated rings. The Hall–Kier alpha value is -0.520. The van der Waals surface area contributed by atoms with Crippen LogP contribution in [0, 0.1) is 11.9 Å². The summed E-state index contributed by atoms with van der Waals surface area (Å²) in [6.07, 6.45) is 4.63. The minimum absolute atomic E-state index is 0.392. The minimum Gasteiger partial charge on any atom is -0.328 e. The van der Waals surface area contributed by atoms with Gasteiger partial charge in [0.15, 0.2) is 0 Å². The number of hydrogen-bond donors (Lipinski definition) is 2. The molecule has 0 aromatic carbocycles. The molecule has 0 aliphatic heterocycles. The average molecular weight is 316 g/mol. The summed E-state index contributed by atoms with van der Waals surface area (Å²) in [6.45, 7) is 1.58. The first-order valence-corrected chi connectivity index (χ1v) is 7.21. The van der Waals surface area contributed by atoms with Crippen LogP contribution in [0.25, 0.3) is 0 Å². The van der Waals surface area contributed by atoms with Crippen LogP contribution in [0.2, 0.25) is 0 Å². The Labute approximate surface area is 115 Å². The van der Waals surface area contributed by atoms with Gasteiger partial charge in [-0.3, -0.25) is 0 Å². The van der Waals surface area contributed by atoms with E-state index in [1.807, 2.05) is 6.07 Å². The number of pyridine rings is 1. The Morgan fingerprint density at radius 3 is 2.72 bits per heavy atom. The number of nitrogens with zero attached hydrogens (tertiary/aromatic N) is 1. The molecule has 0 atom stereocenters. The van der Waals surface area contributed by atoms with E-state index in [0.29, 0.717) is 23.0 Å². The Morgan fingerprint density at radius 1 is 1.33 bits per heavy atom. The topological polar surface area (TPSA) is 50.9 Å². The number of nitrogens with one attached hydrogen (secondary N) is 1. The van der Waals surface area contributed by atoms with Gasteiger partial charge in [0, 0.05) is 12.6 Å². The Balaban J connectivity index is 1.73. The molecular formula is C13H19BrFN3. The van der Waals surface area contributed by atoms with Gasteiger partial charge >= 0.3 is 0 Å². The van der Waals surface area contributed by atoms with Crippen molar-refractivity contribution in [3.8, 4) is 0 Å². The van der Waals surface area contributed by atoms with E-state index in [9.17, 15) is 4.39 Å². The fourth-order valence-electron chi connectivity index (χ4n) is 2.35. The van der Waals surface area contributed by atoms with E-state index in [4.69, 9.17) is 5.73 Å². The maximum atomic E-state index is 13.2. The largest absolute Gasteiger partial charge is 0.328 e. The standard InChI is InChI=1S/C13H19BrFN3/c14-12-6-5-11(18-13(12)15)8-17-7-9-1-3-10(16)4-2-9/h5-6,9-10,17H,1-4,7-8,16H2/t9-,10-. The highest BCUT2D eigenvalue weighted by molar-refractivity contribution is 9.10. The van der Waals surface area contributed by atoms with E-state index in [2.05, 4.69) is 26.2 Å². The van der Waals surface area contributed by atoms with Gasteiger partial charge in [-0.2, -0.15) is 4.39 Å². The lowest BCUT2D eigenvalue weighted by molar-refractivity contribution is 0.314. The lowest BCUT2D eigenvalue weighted by Gasteiger charge is -2.26. The summed E-state index contributed by atoms with van der Waals surface area (Å²) in [5, 5.41) is 3.35. The van der Waals surface area contributed by atoms with E-state index >= 15 is 0 Å². The normalized spacial score (nSPS) is 24.2. The first kappa shape index (κ1) is 13.9. The van der Waals surface area contributed by atoms with Crippen molar-refractivity contribution in [2.24, 2.45) is 11.7 Å². The fourth-order valence-corrected chi connectivity index (χ4v) is 2.57. The van der Waals surface area contributed by atoms with Gasteiger partial charge in [-0.15, -0.1) is 0 Å². The van der Waals surface area contributed by atoms with Crippen LogP contribution in [0.4, 0.5) is 4.39 Å². The second-order valence-electron chi connectivity index (χ2n) is 4.99. The maximum Gasteiger partial charge on any atom is 0.227 e. The smallest absolute Gasteiger partial charge is 0.227 e. The molecule has 2 rings (SSSR count). The predicted molar refractivity (Wildman–Crippen MR) is 73.5 cm³/mol. The Kier molecular flexibility index (Phi) is 5.09. The van der Waals surface area contributed by atoms with Crippen molar-refractivity contribution in [3.05, 3.63) is 28.2 Å². The zero-order valence-corrected chi connectivity index (χ0v) is 11.9. The fraction of sp³-hybridized carbons (Fsp3) is 0.615. The van der Waals surface area contributed by atoms with Gasteiger partial charge in [0.1, 0.15) is 0 Å².